The van der Waals surface area contributed by atoms with E-state index in [4.69, 9.17) is 0 Å². The maximum atomic E-state index is 14.7. The fourth-order valence-electron chi connectivity index (χ4n) is 4.47. The van der Waals surface area contributed by atoms with Crippen LogP contribution >= 0.6 is 0 Å². The van der Waals surface area contributed by atoms with Gasteiger partial charge in [-0.3, -0.25) is 0 Å². The standard InChI is InChI=1S/C25H4F17N/c26-17-16(18(27)20(29)21(30)19(17)28)10(5-43)15-8-3-13(24(37,38)39)11(22(31,32)33)1-6(8)7-2-12(23(34,35)36)14(4-9(7)15)25(40,41)42/h1-4H. The summed E-state index contributed by atoms with van der Waals surface area (Å²) in [6.07, 6.45) is -23.7. The summed E-state index contributed by atoms with van der Waals surface area (Å²) in [6.45, 7) is 0. The van der Waals surface area contributed by atoms with Gasteiger partial charge in [-0.2, -0.15) is 57.9 Å². The molecular weight excluding hydrogens is 637 g/mol. The first kappa shape index (κ1) is 31.6. The number of halogens is 17. The van der Waals surface area contributed by atoms with Crippen molar-refractivity contribution in [2.45, 2.75) is 24.7 Å². The molecule has 1 aliphatic rings. The molecule has 0 saturated heterocycles. The monoisotopic (exact) mass is 641 g/mol. The highest BCUT2D eigenvalue weighted by Crippen LogP contribution is 2.55. The zero-order chi connectivity index (χ0) is 32.8. The van der Waals surface area contributed by atoms with Gasteiger partial charge in [0.05, 0.1) is 33.4 Å². The molecule has 18 heteroatoms. The van der Waals surface area contributed by atoms with Crippen LogP contribution in [0.25, 0.3) is 22.3 Å². The number of hydrogen-bond donors (Lipinski definition) is 0. The van der Waals surface area contributed by atoms with Gasteiger partial charge in [0.15, 0.2) is 23.3 Å². The topological polar surface area (TPSA) is 23.8 Å². The molecule has 43 heavy (non-hydrogen) atoms. The fourth-order valence-corrected chi connectivity index (χ4v) is 4.47. The molecule has 0 radical (unpaired) electrons. The van der Waals surface area contributed by atoms with E-state index in [9.17, 15) is 79.9 Å². The van der Waals surface area contributed by atoms with Crippen LogP contribution in [-0.2, 0) is 24.7 Å². The first-order valence-electron chi connectivity index (χ1n) is 10.7. The molecule has 4 rings (SSSR count). The van der Waals surface area contributed by atoms with Crippen molar-refractivity contribution in [3.8, 4) is 17.2 Å². The minimum atomic E-state index is -5.94. The number of rotatable bonds is 1. The van der Waals surface area contributed by atoms with Gasteiger partial charge >= 0.3 is 24.7 Å². The van der Waals surface area contributed by atoms with Gasteiger partial charge in [0, 0.05) is 5.57 Å². The summed E-state index contributed by atoms with van der Waals surface area (Å²) >= 11 is 0. The Kier molecular flexibility index (Phi) is 7.07. The minimum Gasteiger partial charge on any atom is -0.203 e. The van der Waals surface area contributed by atoms with Crippen molar-refractivity contribution in [1.29, 1.82) is 5.26 Å². The lowest BCUT2D eigenvalue weighted by molar-refractivity contribution is -0.162. The summed E-state index contributed by atoms with van der Waals surface area (Å²) in [6, 6.07) is -0.960. The van der Waals surface area contributed by atoms with Crippen LogP contribution in [0.15, 0.2) is 24.3 Å². The van der Waals surface area contributed by atoms with E-state index in [1.165, 1.54) is 0 Å². The Labute approximate surface area is 226 Å². The molecule has 0 aromatic heterocycles. The first-order chi connectivity index (χ1) is 19.4. The van der Waals surface area contributed by atoms with Crippen LogP contribution in [-0.4, -0.2) is 0 Å². The van der Waals surface area contributed by atoms with Crippen LogP contribution < -0.4 is 0 Å². The lowest BCUT2D eigenvalue weighted by Gasteiger charge is -2.18. The van der Waals surface area contributed by atoms with E-state index in [-0.39, 0.29) is 0 Å². The van der Waals surface area contributed by atoms with Crippen molar-refractivity contribution in [2.75, 3.05) is 0 Å². The fraction of sp³-hybridized carbons (Fsp3) is 0.160. The summed E-state index contributed by atoms with van der Waals surface area (Å²) in [5.74, 6) is -14.0. The van der Waals surface area contributed by atoms with Gasteiger partial charge < -0.3 is 0 Å². The summed E-state index contributed by atoms with van der Waals surface area (Å²) in [5.41, 5.74) is -21.5. The molecule has 0 heterocycles. The lowest BCUT2D eigenvalue weighted by atomic mass is 9.90. The highest BCUT2D eigenvalue weighted by molar-refractivity contribution is 6.13. The third kappa shape index (κ3) is 5.03. The molecule has 0 spiro atoms. The van der Waals surface area contributed by atoms with E-state index in [0.29, 0.717) is 0 Å². The minimum absolute atomic E-state index is 0.426. The summed E-state index contributed by atoms with van der Waals surface area (Å²) in [5, 5.41) is 9.63. The first-order valence-corrected chi connectivity index (χ1v) is 10.7. The molecule has 1 nitrogen and oxygen atoms in total. The Morgan fingerprint density at radius 1 is 0.442 bits per heavy atom. The molecule has 0 saturated carbocycles. The number of fused-ring (bicyclic) bond motifs is 3. The smallest absolute Gasteiger partial charge is 0.203 e. The Balaban J connectivity index is 2.34. The molecule has 1 aliphatic carbocycles. The predicted octanol–water partition coefficient (Wildman–Crippen LogP) is 9.92. The van der Waals surface area contributed by atoms with Gasteiger partial charge in [-0.25, -0.2) is 22.0 Å². The van der Waals surface area contributed by atoms with Gasteiger partial charge in [0.1, 0.15) is 6.07 Å². The van der Waals surface area contributed by atoms with E-state index in [0.717, 1.165) is 6.07 Å². The Bertz CT molecular complexity index is 1650. The van der Waals surface area contributed by atoms with Gasteiger partial charge in [0.25, 0.3) is 0 Å². The number of allylic oxidation sites excluding steroid dienone is 1. The number of nitrogens with zero attached hydrogens (tertiary/aromatic N) is 1. The highest BCUT2D eigenvalue weighted by Gasteiger charge is 2.48. The Morgan fingerprint density at radius 3 is 0.953 bits per heavy atom. The van der Waals surface area contributed by atoms with Crippen LogP contribution in [0.1, 0.15) is 38.9 Å². The zero-order valence-corrected chi connectivity index (χ0v) is 19.7. The van der Waals surface area contributed by atoms with Crippen LogP contribution in [0.4, 0.5) is 74.6 Å². The molecule has 0 unspecified atom stereocenters. The molecular formula is C25H4F17N. The number of nitriles is 1. The van der Waals surface area contributed by atoms with Crippen molar-refractivity contribution < 1.29 is 74.6 Å². The van der Waals surface area contributed by atoms with Gasteiger partial charge in [-0.15, -0.1) is 0 Å². The Hall–Kier alpha value is -4.30. The SMILES string of the molecule is N#CC(=C1c2cc(C(F)(F)F)c(C(F)(F)F)cc2-c2cc(C(F)(F)F)c(C(F)(F)F)cc21)c1c(F)c(F)c(F)c(F)c1F. The zero-order valence-electron chi connectivity index (χ0n) is 19.7. The summed E-state index contributed by atoms with van der Waals surface area (Å²) in [4.78, 5) is 0. The molecule has 228 valence electrons. The second-order valence-electron chi connectivity index (χ2n) is 8.68. The van der Waals surface area contributed by atoms with Crippen molar-refractivity contribution >= 4 is 11.1 Å². The van der Waals surface area contributed by atoms with Crippen LogP contribution in [0, 0.1) is 40.4 Å². The van der Waals surface area contributed by atoms with E-state index in [1.54, 1.807) is 0 Å². The average Bonchev–Trinajstić information content (AvgIpc) is 3.18. The molecule has 0 amide bonds. The van der Waals surface area contributed by atoms with E-state index < -0.39 is 139 Å². The van der Waals surface area contributed by atoms with Crippen LogP contribution in [0.3, 0.4) is 0 Å². The van der Waals surface area contributed by atoms with Crippen molar-refractivity contribution in [2.24, 2.45) is 0 Å². The molecule has 0 bridgehead atoms. The second kappa shape index (κ2) is 9.61. The average molecular weight is 641 g/mol. The van der Waals surface area contributed by atoms with Gasteiger partial charge in [0.2, 0.25) is 5.82 Å². The summed E-state index contributed by atoms with van der Waals surface area (Å²) in [7, 11) is 0. The molecule has 3 aromatic carbocycles. The predicted molar refractivity (Wildman–Crippen MR) is 110 cm³/mol. The second-order valence-corrected chi connectivity index (χ2v) is 8.68. The number of alkyl halides is 12. The Morgan fingerprint density at radius 2 is 0.698 bits per heavy atom. The number of benzene rings is 3. The van der Waals surface area contributed by atoms with Gasteiger partial charge in [-0.1, -0.05) is 0 Å². The molecule has 0 atom stereocenters. The van der Waals surface area contributed by atoms with Crippen LogP contribution in [0.2, 0.25) is 0 Å². The quantitative estimate of drug-likeness (QED) is 0.0879. The maximum Gasteiger partial charge on any atom is 0.417 e. The largest absolute Gasteiger partial charge is 0.417 e. The van der Waals surface area contributed by atoms with Crippen molar-refractivity contribution in [3.63, 3.8) is 0 Å². The molecule has 0 fully saturated rings. The summed E-state index contributed by atoms with van der Waals surface area (Å²) < 4.78 is 235. The molecule has 0 aliphatic heterocycles. The van der Waals surface area contributed by atoms with Crippen molar-refractivity contribution in [3.05, 3.63) is 92.3 Å². The van der Waals surface area contributed by atoms with Crippen molar-refractivity contribution in [1.82, 2.24) is 0 Å². The third-order valence-electron chi connectivity index (χ3n) is 6.19. The van der Waals surface area contributed by atoms with Crippen LogP contribution in [0.5, 0.6) is 0 Å². The van der Waals surface area contributed by atoms with E-state index >= 15 is 0 Å². The third-order valence-corrected chi connectivity index (χ3v) is 6.19. The van der Waals surface area contributed by atoms with E-state index in [1.807, 2.05) is 0 Å². The lowest BCUT2D eigenvalue weighted by Crippen LogP contribution is -2.17. The van der Waals surface area contributed by atoms with E-state index in [2.05, 4.69) is 0 Å². The molecule has 3 aromatic rings. The highest BCUT2D eigenvalue weighted by atomic mass is 19.4. The number of hydrogen-bond acceptors (Lipinski definition) is 1. The normalized spacial score (nSPS) is 13.6. The maximum absolute atomic E-state index is 14.7. The van der Waals surface area contributed by atoms with Gasteiger partial charge in [-0.05, 0) is 46.5 Å². The molecule has 0 N–H and O–H groups in total.